The maximum Gasteiger partial charge on any atom is 0.149 e. The van der Waals surface area contributed by atoms with Crippen LogP contribution in [0.3, 0.4) is 0 Å². The molecule has 1 fully saturated rings. The Kier molecular flexibility index (Phi) is 5.26. The van der Waals surface area contributed by atoms with Crippen molar-refractivity contribution in [3.63, 3.8) is 0 Å². The summed E-state index contributed by atoms with van der Waals surface area (Å²) in [5.74, 6) is 1.48. The number of benzene rings is 2. The van der Waals surface area contributed by atoms with Crippen molar-refractivity contribution in [3.05, 3.63) is 54.1 Å². The molecule has 0 saturated carbocycles. The number of hydrogen-bond acceptors (Lipinski definition) is 4. The first-order valence-electron chi connectivity index (χ1n) is 8.72. The molecular weight excluding hydrogens is 300 g/mol. The normalized spacial score (nSPS) is 21.5. The van der Waals surface area contributed by atoms with Gasteiger partial charge in [-0.05, 0) is 49.3 Å². The third kappa shape index (κ3) is 4.01. The summed E-state index contributed by atoms with van der Waals surface area (Å²) in [6.07, 6.45) is 4.45. The van der Waals surface area contributed by atoms with Crippen LogP contribution >= 0.6 is 0 Å². The van der Waals surface area contributed by atoms with Crippen LogP contribution in [0.25, 0.3) is 0 Å². The molecule has 1 aliphatic heterocycles. The SMILES string of the molecule is CCC1CC(Cc2ccccc2)CCN1Oc1ccc(O)c(N)c1. The van der Waals surface area contributed by atoms with Gasteiger partial charge in [0.25, 0.3) is 0 Å². The predicted octanol–water partition coefficient (Wildman–Crippen LogP) is 4.00. The molecule has 2 aromatic carbocycles. The van der Waals surface area contributed by atoms with E-state index in [9.17, 15) is 5.11 Å². The lowest BCUT2D eigenvalue weighted by molar-refractivity contribution is -0.123. The lowest BCUT2D eigenvalue weighted by atomic mass is 9.86. The van der Waals surface area contributed by atoms with Gasteiger partial charge in [-0.15, -0.1) is 5.06 Å². The second kappa shape index (κ2) is 7.58. The van der Waals surface area contributed by atoms with E-state index in [2.05, 4.69) is 42.3 Å². The fourth-order valence-electron chi connectivity index (χ4n) is 3.46. The fraction of sp³-hybridized carbons (Fsp3) is 0.400. The highest BCUT2D eigenvalue weighted by atomic mass is 16.7. The van der Waals surface area contributed by atoms with Crippen molar-refractivity contribution >= 4 is 5.69 Å². The second-order valence-electron chi connectivity index (χ2n) is 6.59. The minimum atomic E-state index is 0.0935. The summed E-state index contributed by atoms with van der Waals surface area (Å²) in [6.45, 7) is 3.12. The van der Waals surface area contributed by atoms with Crippen molar-refractivity contribution in [3.8, 4) is 11.5 Å². The monoisotopic (exact) mass is 326 g/mol. The number of aromatic hydroxyl groups is 1. The van der Waals surface area contributed by atoms with Gasteiger partial charge in [-0.3, -0.25) is 0 Å². The van der Waals surface area contributed by atoms with Gasteiger partial charge >= 0.3 is 0 Å². The molecule has 128 valence electrons. The molecule has 4 nitrogen and oxygen atoms in total. The number of phenols is 1. The number of nitrogen functional groups attached to an aromatic ring is 1. The van der Waals surface area contributed by atoms with Gasteiger partial charge in [0, 0.05) is 18.7 Å². The standard InChI is InChI=1S/C20H26N2O2/c1-2-17-13-16(12-15-6-4-3-5-7-15)10-11-22(17)24-18-8-9-20(23)19(21)14-18/h3-9,14,16-17,23H,2,10-13,21H2,1H3. The lowest BCUT2D eigenvalue weighted by Crippen LogP contribution is -2.44. The molecule has 0 bridgehead atoms. The van der Waals surface area contributed by atoms with Crippen LogP contribution in [-0.2, 0) is 6.42 Å². The predicted molar refractivity (Wildman–Crippen MR) is 96.8 cm³/mol. The number of nitrogens with zero attached hydrogens (tertiary/aromatic N) is 1. The molecule has 0 spiro atoms. The number of rotatable bonds is 5. The van der Waals surface area contributed by atoms with Gasteiger partial charge in [-0.25, -0.2) is 0 Å². The van der Waals surface area contributed by atoms with Crippen LogP contribution in [0.2, 0.25) is 0 Å². The fourth-order valence-corrected chi connectivity index (χ4v) is 3.46. The first-order chi connectivity index (χ1) is 11.7. The van der Waals surface area contributed by atoms with Gasteiger partial charge in [0.2, 0.25) is 0 Å². The highest BCUT2D eigenvalue weighted by molar-refractivity contribution is 5.55. The number of phenolic OH excluding ortho intramolecular Hbond substituents is 1. The largest absolute Gasteiger partial charge is 0.506 e. The third-order valence-corrected chi connectivity index (χ3v) is 4.83. The molecule has 3 N–H and O–H groups in total. The zero-order valence-corrected chi connectivity index (χ0v) is 14.2. The molecule has 4 heteroatoms. The summed E-state index contributed by atoms with van der Waals surface area (Å²) in [5, 5.41) is 11.6. The summed E-state index contributed by atoms with van der Waals surface area (Å²) in [7, 11) is 0. The van der Waals surface area contributed by atoms with E-state index in [1.165, 1.54) is 5.56 Å². The Labute approximate surface area is 143 Å². The quantitative estimate of drug-likeness (QED) is 0.644. The Balaban J connectivity index is 1.61. The lowest BCUT2D eigenvalue weighted by Gasteiger charge is -2.38. The second-order valence-corrected chi connectivity index (χ2v) is 6.59. The Morgan fingerprint density at radius 1 is 1.21 bits per heavy atom. The molecule has 2 unspecified atom stereocenters. The molecule has 24 heavy (non-hydrogen) atoms. The van der Waals surface area contributed by atoms with E-state index in [4.69, 9.17) is 10.6 Å². The highest BCUT2D eigenvalue weighted by Gasteiger charge is 2.29. The first-order valence-corrected chi connectivity index (χ1v) is 8.72. The van der Waals surface area contributed by atoms with Crippen molar-refractivity contribution in [1.29, 1.82) is 0 Å². The summed E-state index contributed by atoms with van der Waals surface area (Å²) >= 11 is 0. The molecule has 1 heterocycles. The average molecular weight is 326 g/mol. The molecule has 2 atom stereocenters. The summed E-state index contributed by atoms with van der Waals surface area (Å²) in [6, 6.07) is 16.1. The number of hydroxylamine groups is 2. The van der Waals surface area contributed by atoms with Crippen LogP contribution in [0.5, 0.6) is 11.5 Å². The minimum absolute atomic E-state index is 0.0935. The van der Waals surface area contributed by atoms with E-state index in [1.54, 1.807) is 18.2 Å². The Morgan fingerprint density at radius 3 is 2.71 bits per heavy atom. The molecule has 0 radical (unpaired) electrons. The maximum absolute atomic E-state index is 9.53. The number of hydrogen-bond donors (Lipinski definition) is 2. The van der Waals surface area contributed by atoms with E-state index < -0.39 is 0 Å². The van der Waals surface area contributed by atoms with Crippen molar-refractivity contribution in [2.75, 3.05) is 12.3 Å². The van der Waals surface area contributed by atoms with E-state index in [0.717, 1.165) is 32.2 Å². The smallest absolute Gasteiger partial charge is 0.149 e. The number of anilines is 1. The Bertz CT molecular complexity index is 660. The van der Waals surface area contributed by atoms with E-state index in [-0.39, 0.29) is 5.75 Å². The Hall–Kier alpha value is -2.20. The summed E-state index contributed by atoms with van der Waals surface area (Å²) in [5.41, 5.74) is 7.51. The molecule has 0 amide bonds. The average Bonchev–Trinajstić information content (AvgIpc) is 2.60. The van der Waals surface area contributed by atoms with Crippen LogP contribution < -0.4 is 10.6 Å². The summed E-state index contributed by atoms with van der Waals surface area (Å²) in [4.78, 5) is 6.04. The van der Waals surface area contributed by atoms with Gasteiger partial charge in [0.1, 0.15) is 11.5 Å². The zero-order valence-electron chi connectivity index (χ0n) is 14.2. The molecule has 0 aromatic heterocycles. The minimum Gasteiger partial charge on any atom is -0.506 e. The molecule has 0 aliphatic carbocycles. The number of piperidine rings is 1. The van der Waals surface area contributed by atoms with Gasteiger partial charge in [-0.1, -0.05) is 37.3 Å². The van der Waals surface area contributed by atoms with Gasteiger partial charge in [0.15, 0.2) is 0 Å². The maximum atomic E-state index is 9.53. The van der Waals surface area contributed by atoms with Crippen LogP contribution in [0.15, 0.2) is 48.5 Å². The van der Waals surface area contributed by atoms with Crippen molar-refractivity contribution in [2.24, 2.45) is 5.92 Å². The van der Waals surface area contributed by atoms with Crippen LogP contribution in [0, 0.1) is 5.92 Å². The molecule has 2 aromatic rings. The summed E-state index contributed by atoms with van der Waals surface area (Å²) < 4.78 is 0. The van der Waals surface area contributed by atoms with Crippen molar-refractivity contribution < 1.29 is 9.94 Å². The molecule has 3 rings (SSSR count). The van der Waals surface area contributed by atoms with Crippen molar-refractivity contribution in [1.82, 2.24) is 5.06 Å². The Morgan fingerprint density at radius 2 is 2.00 bits per heavy atom. The topological polar surface area (TPSA) is 58.7 Å². The third-order valence-electron chi connectivity index (χ3n) is 4.83. The number of nitrogens with two attached hydrogens (primary N) is 1. The van der Waals surface area contributed by atoms with Gasteiger partial charge in [0.05, 0.1) is 5.69 Å². The molecule has 1 aliphatic rings. The van der Waals surface area contributed by atoms with Gasteiger partial charge < -0.3 is 15.7 Å². The van der Waals surface area contributed by atoms with E-state index in [0.29, 0.717) is 23.4 Å². The first kappa shape index (κ1) is 16.7. The highest BCUT2D eigenvalue weighted by Crippen LogP contribution is 2.31. The van der Waals surface area contributed by atoms with Crippen LogP contribution in [0.1, 0.15) is 31.7 Å². The van der Waals surface area contributed by atoms with Crippen LogP contribution in [0.4, 0.5) is 5.69 Å². The van der Waals surface area contributed by atoms with Crippen LogP contribution in [-0.4, -0.2) is 22.8 Å². The van der Waals surface area contributed by atoms with Gasteiger partial charge in [-0.2, -0.15) is 0 Å². The zero-order chi connectivity index (χ0) is 16.9. The van der Waals surface area contributed by atoms with Crippen molar-refractivity contribution in [2.45, 2.75) is 38.6 Å². The molecule has 1 saturated heterocycles. The molecular formula is C20H26N2O2. The van der Waals surface area contributed by atoms with E-state index >= 15 is 0 Å². The van der Waals surface area contributed by atoms with E-state index in [1.807, 2.05) is 0 Å².